The van der Waals surface area contributed by atoms with Gasteiger partial charge in [-0.3, -0.25) is 9.78 Å². The molecular formula is C18H23N5. The lowest BCUT2D eigenvalue weighted by Crippen LogP contribution is -2.33. The largest absolute Gasteiger partial charge is 0.308 e. The van der Waals surface area contributed by atoms with E-state index < -0.39 is 0 Å². The Labute approximate surface area is 136 Å². The molecule has 5 heteroatoms. The lowest BCUT2D eigenvalue weighted by atomic mass is 10.1. The van der Waals surface area contributed by atoms with Crippen LogP contribution in [0.4, 0.5) is 0 Å². The lowest BCUT2D eigenvalue weighted by Gasteiger charge is -2.21. The maximum Gasteiger partial charge on any atom is 0.0695 e. The minimum absolute atomic E-state index is 0.288. The molecule has 0 amide bonds. The summed E-state index contributed by atoms with van der Waals surface area (Å²) in [6, 6.07) is 10.9. The van der Waals surface area contributed by atoms with E-state index in [0.29, 0.717) is 6.04 Å². The molecule has 2 N–H and O–H groups in total. The second-order valence-corrected chi connectivity index (χ2v) is 6.04. The molecular weight excluding hydrogens is 286 g/mol. The summed E-state index contributed by atoms with van der Waals surface area (Å²) >= 11 is 0. The van der Waals surface area contributed by atoms with Crippen molar-refractivity contribution in [3.8, 4) is 11.3 Å². The monoisotopic (exact) mass is 309 g/mol. The van der Waals surface area contributed by atoms with Crippen LogP contribution in [0.5, 0.6) is 0 Å². The maximum atomic E-state index is 4.41. The Balaban J connectivity index is 1.66. The molecule has 0 saturated heterocycles. The van der Waals surface area contributed by atoms with Gasteiger partial charge in [0.2, 0.25) is 0 Å². The Morgan fingerprint density at radius 3 is 2.65 bits per heavy atom. The van der Waals surface area contributed by atoms with Crippen molar-refractivity contribution in [3.05, 3.63) is 60.0 Å². The highest BCUT2D eigenvalue weighted by atomic mass is 15.3. The van der Waals surface area contributed by atoms with E-state index in [1.54, 1.807) is 0 Å². The van der Waals surface area contributed by atoms with E-state index >= 15 is 0 Å². The molecule has 1 aromatic carbocycles. The molecule has 0 saturated carbocycles. The number of aromatic amines is 1. The average molecular weight is 309 g/mol. The summed E-state index contributed by atoms with van der Waals surface area (Å²) in [5.74, 6) is 0. The summed E-state index contributed by atoms with van der Waals surface area (Å²) in [4.78, 5) is 0. The van der Waals surface area contributed by atoms with E-state index in [9.17, 15) is 0 Å². The molecule has 0 radical (unpaired) electrons. The van der Waals surface area contributed by atoms with Gasteiger partial charge in [-0.2, -0.15) is 10.2 Å². The molecule has 0 bridgehead atoms. The van der Waals surface area contributed by atoms with Crippen LogP contribution in [-0.2, 0) is 6.54 Å². The first kappa shape index (κ1) is 15.5. The van der Waals surface area contributed by atoms with Gasteiger partial charge in [0.25, 0.3) is 0 Å². The third-order valence-corrected chi connectivity index (χ3v) is 4.27. The molecule has 3 aromatic rings. The summed E-state index contributed by atoms with van der Waals surface area (Å²) in [5, 5.41) is 15.3. The summed E-state index contributed by atoms with van der Waals surface area (Å²) in [6.07, 6.45) is 5.87. The number of hydrogen-bond acceptors (Lipinski definition) is 3. The molecule has 3 rings (SSSR count). The fraction of sp³-hybridized carbons (Fsp3) is 0.333. The van der Waals surface area contributed by atoms with Crippen molar-refractivity contribution >= 4 is 0 Å². The third kappa shape index (κ3) is 3.51. The third-order valence-electron chi connectivity index (χ3n) is 4.27. The SMILES string of the molecule is Cc1cnn([C@H](C)[C@H](C)NCc2cn[nH]c2-c2ccccc2)c1. The second-order valence-electron chi connectivity index (χ2n) is 6.04. The molecule has 0 aliphatic heterocycles. The zero-order chi connectivity index (χ0) is 16.2. The Morgan fingerprint density at radius 1 is 1.17 bits per heavy atom. The number of hydrogen-bond donors (Lipinski definition) is 2. The van der Waals surface area contributed by atoms with Gasteiger partial charge in [0.05, 0.1) is 24.1 Å². The standard InChI is InChI=1S/C18H23N5/c1-13-9-21-23(12-13)15(3)14(2)19-10-17-11-20-22-18(17)16-7-5-4-6-8-16/h4-9,11-12,14-15,19H,10H2,1-3H3,(H,20,22)/t14-,15+/m0/s1. The molecule has 23 heavy (non-hydrogen) atoms. The average Bonchev–Trinajstić information content (AvgIpc) is 3.21. The fourth-order valence-corrected chi connectivity index (χ4v) is 2.63. The van der Waals surface area contributed by atoms with Crippen LogP contribution in [0.3, 0.4) is 0 Å². The van der Waals surface area contributed by atoms with Gasteiger partial charge in [0.1, 0.15) is 0 Å². The van der Waals surface area contributed by atoms with Gasteiger partial charge >= 0.3 is 0 Å². The van der Waals surface area contributed by atoms with Crippen molar-refractivity contribution < 1.29 is 0 Å². The lowest BCUT2D eigenvalue weighted by molar-refractivity contribution is 0.365. The van der Waals surface area contributed by atoms with Crippen molar-refractivity contribution in [2.45, 2.75) is 39.4 Å². The molecule has 0 unspecified atom stereocenters. The van der Waals surface area contributed by atoms with E-state index in [1.807, 2.05) is 35.3 Å². The van der Waals surface area contributed by atoms with Gasteiger partial charge in [-0.1, -0.05) is 30.3 Å². The molecule has 2 aromatic heterocycles. The van der Waals surface area contributed by atoms with Crippen LogP contribution in [-0.4, -0.2) is 26.0 Å². The van der Waals surface area contributed by atoms with Gasteiger partial charge in [-0.05, 0) is 31.9 Å². The predicted octanol–water partition coefficient (Wildman–Crippen LogP) is 3.32. The van der Waals surface area contributed by atoms with Crippen LogP contribution in [0.15, 0.2) is 48.9 Å². The Bertz CT molecular complexity index is 744. The molecule has 0 spiro atoms. The van der Waals surface area contributed by atoms with Crippen molar-refractivity contribution in [1.82, 2.24) is 25.3 Å². The number of nitrogens with zero attached hydrogens (tertiary/aromatic N) is 3. The molecule has 2 heterocycles. The van der Waals surface area contributed by atoms with Crippen molar-refractivity contribution in [2.75, 3.05) is 0 Å². The predicted molar refractivity (Wildman–Crippen MR) is 92.0 cm³/mol. The molecule has 0 aliphatic rings. The summed E-state index contributed by atoms with van der Waals surface area (Å²) < 4.78 is 2.01. The number of H-pyrrole nitrogens is 1. The van der Waals surface area contributed by atoms with Crippen molar-refractivity contribution in [1.29, 1.82) is 0 Å². The zero-order valence-corrected chi connectivity index (χ0v) is 13.8. The smallest absolute Gasteiger partial charge is 0.0695 e. The Morgan fingerprint density at radius 2 is 1.96 bits per heavy atom. The molecule has 120 valence electrons. The first-order valence-corrected chi connectivity index (χ1v) is 7.97. The zero-order valence-electron chi connectivity index (χ0n) is 13.8. The topological polar surface area (TPSA) is 58.5 Å². The van der Waals surface area contributed by atoms with E-state index in [0.717, 1.165) is 17.8 Å². The van der Waals surface area contributed by atoms with Gasteiger partial charge in [0, 0.05) is 24.3 Å². The van der Waals surface area contributed by atoms with E-state index in [-0.39, 0.29) is 6.04 Å². The minimum Gasteiger partial charge on any atom is -0.308 e. The van der Waals surface area contributed by atoms with E-state index in [2.05, 4.69) is 59.7 Å². The van der Waals surface area contributed by atoms with Crippen LogP contribution in [0.2, 0.25) is 0 Å². The second kappa shape index (κ2) is 6.79. The summed E-state index contributed by atoms with van der Waals surface area (Å²) in [7, 11) is 0. The highest BCUT2D eigenvalue weighted by molar-refractivity contribution is 5.62. The highest BCUT2D eigenvalue weighted by Gasteiger charge is 2.15. The van der Waals surface area contributed by atoms with E-state index in [1.165, 1.54) is 11.1 Å². The van der Waals surface area contributed by atoms with Gasteiger partial charge in [0.15, 0.2) is 0 Å². The van der Waals surface area contributed by atoms with Crippen LogP contribution in [0.25, 0.3) is 11.3 Å². The fourth-order valence-electron chi connectivity index (χ4n) is 2.63. The summed E-state index contributed by atoms with van der Waals surface area (Å²) in [5.41, 5.74) is 4.59. The van der Waals surface area contributed by atoms with Crippen LogP contribution >= 0.6 is 0 Å². The van der Waals surface area contributed by atoms with Crippen molar-refractivity contribution in [3.63, 3.8) is 0 Å². The minimum atomic E-state index is 0.288. The molecule has 5 nitrogen and oxygen atoms in total. The van der Waals surface area contributed by atoms with Gasteiger partial charge in [-0.15, -0.1) is 0 Å². The highest BCUT2D eigenvalue weighted by Crippen LogP contribution is 2.21. The van der Waals surface area contributed by atoms with Gasteiger partial charge < -0.3 is 5.32 Å². The quantitative estimate of drug-likeness (QED) is 0.734. The number of rotatable bonds is 6. The first-order valence-electron chi connectivity index (χ1n) is 7.97. The number of aryl methyl sites for hydroxylation is 1. The van der Waals surface area contributed by atoms with Gasteiger partial charge in [-0.25, -0.2) is 0 Å². The number of benzene rings is 1. The van der Waals surface area contributed by atoms with E-state index in [4.69, 9.17) is 0 Å². The molecule has 0 aliphatic carbocycles. The normalized spacial score (nSPS) is 13.9. The Kier molecular flexibility index (Phi) is 4.57. The van der Waals surface area contributed by atoms with Crippen LogP contribution < -0.4 is 5.32 Å². The molecule has 0 fully saturated rings. The molecule has 2 atom stereocenters. The first-order chi connectivity index (χ1) is 11.1. The van der Waals surface area contributed by atoms with Crippen LogP contribution in [0.1, 0.15) is 31.0 Å². The number of aromatic nitrogens is 4. The van der Waals surface area contributed by atoms with Crippen molar-refractivity contribution in [2.24, 2.45) is 0 Å². The summed E-state index contributed by atoms with van der Waals surface area (Å²) in [6.45, 7) is 7.19. The Hall–Kier alpha value is -2.40. The number of nitrogens with one attached hydrogen (secondary N) is 2. The maximum absolute atomic E-state index is 4.41. The van der Waals surface area contributed by atoms with Crippen LogP contribution in [0, 0.1) is 6.92 Å².